The molecule has 0 bridgehead atoms. The molecule has 2 fully saturated rings. The lowest BCUT2D eigenvalue weighted by atomic mass is 10.2. The number of aromatic nitrogens is 1. The van der Waals surface area contributed by atoms with E-state index >= 15 is 0 Å². The summed E-state index contributed by atoms with van der Waals surface area (Å²) in [7, 11) is 0. The highest BCUT2D eigenvalue weighted by Crippen LogP contribution is 2.28. The minimum absolute atomic E-state index is 0. The van der Waals surface area contributed by atoms with E-state index in [-0.39, 0.29) is 23.0 Å². The summed E-state index contributed by atoms with van der Waals surface area (Å²) in [6.07, 6.45) is 1.22. The predicted octanol–water partition coefficient (Wildman–Crippen LogP) is 2.62. The van der Waals surface area contributed by atoms with Crippen molar-refractivity contribution in [2.75, 3.05) is 39.3 Å². The van der Waals surface area contributed by atoms with Crippen LogP contribution in [0.3, 0.4) is 0 Å². The number of non-ortho nitro benzene ring substituents is 1. The highest BCUT2D eigenvalue weighted by atomic mass is 35.5. The van der Waals surface area contributed by atoms with Crippen molar-refractivity contribution in [2.45, 2.75) is 19.0 Å². The van der Waals surface area contributed by atoms with E-state index in [2.05, 4.69) is 20.5 Å². The fourth-order valence-electron chi connectivity index (χ4n) is 3.79. The average Bonchev–Trinajstić information content (AvgIpc) is 3.33. The largest absolute Gasteiger partial charge is 0.314 e. The lowest BCUT2D eigenvalue weighted by molar-refractivity contribution is -0.384. The Morgan fingerprint density at radius 3 is 2.89 bits per heavy atom. The second-order valence-corrected chi connectivity index (χ2v) is 7.77. The Kier molecular flexibility index (Phi) is 6.78. The SMILES string of the molecule is Cl.O=[N+]([O-])c1cccc(-c2nc(CN3CCC(N4CCNCC4)C3)cs2)c1. The smallest absolute Gasteiger partial charge is 0.270 e. The van der Waals surface area contributed by atoms with Gasteiger partial charge in [0.25, 0.3) is 5.69 Å². The fourth-order valence-corrected chi connectivity index (χ4v) is 4.60. The first-order valence-corrected chi connectivity index (χ1v) is 9.93. The molecule has 7 nitrogen and oxygen atoms in total. The minimum Gasteiger partial charge on any atom is -0.314 e. The molecule has 1 aromatic carbocycles. The van der Waals surface area contributed by atoms with Crippen LogP contribution in [-0.2, 0) is 6.54 Å². The second-order valence-electron chi connectivity index (χ2n) is 6.92. The van der Waals surface area contributed by atoms with Gasteiger partial charge in [0.05, 0.1) is 10.6 Å². The molecule has 4 rings (SSSR count). The van der Waals surface area contributed by atoms with Crippen molar-refractivity contribution < 1.29 is 4.92 Å². The molecule has 2 aliphatic rings. The van der Waals surface area contributed by atoms with E-state index < -0.39 is 0 Å². The standard InChI is InChI=1S/C18H23N5O2S.ClH/c24-23(25)16-3-1-2-14(10-16)18-20-15(13-26-18)11-21-7-4-17(12-21)22-8-5-19-6-9-22;/h1-3,10,13,17,19H,4-9,11-12H2;1H. The number of nitro groups is 1. The molecule has 1 aromatic heterocycles. The van der Waals surface area contributed by atoms with Gasteiger partial charge < -0.3 is 5.32 Å². The lowest BCUT2D eigenvalue weighted by Crippen LogP contribution is -2.49. The number of piperazine rings is 1. The normalized spacial score (nSPS) is 21.1. The molecule has 9 heteroatoms. The number of likely N-dealkylation sites (tertiary alicyclic amines) is 1. The quantitative estimate of drug-likeness (QED) is 0.604. The van der Waals surface area contributed by atoms with Crippen molar-refractivity contribution >= 4 is 29.4 Å². The van der Waals surface area contributed by atoms with Gasteiger partial charge in [-0.25, -0.2) is 4.98 Å². The second kappa shape index (κ2) is 9.07. The average molecular weight is 410 g/mol. The zero-order chi connectivity index (χ0) is 17.9. The van der Waals surface area contributed by atoms with Crippen LogP contribution in [0.25, 0.3) is 10.6 Å². The molecule has 2 aromatic rings. The molecule has 1 atom stereocenters. The van der Waals surface area contributed by atoms with Crippen molar-refractivity contribution in [2.24, 2.45) is 0 Å². The summed E-state index contributed by atoms with van der Waals surface area (Å²) in [5.74, 6) is 0. The van der Waals surface area contributed by atoms with Crippen LogP contribution < -0.4 is 5.32 Å². The van der Waals surface area contributed by atoms with Crippen LogP contribution in [0.4, 0.5) is 5.69 Å². The Bertz CT molecular complexity index is 781. The van der Waals surface area contributed by atoms with E-state index in [0.717, 1.165) is 62.1 Å². The molecular formula is C18H24ClN5O2S. The Balaban J connectivity index is 0.00000210. The summed E-state index contributed by atoms with van der Waals surface area (Å²) < 4.78 is 0. The van der Waals surface area contributed by atoms with Gasteiger partial charge in [-0.3, -0.25) is 19.9 Å². The fraction of sp³-hybridized carbons (Fsp3) is 0.500. The van der Waals surface area contributed by atoms with Crippen LogP contribution >= 0.6 is 23.7 Å². The monoisotopic (exact) mass is 409 g/mol. The van der Waals surface area contributed by atoms with E-state index in [0.29, 0.717) is 6.04 Å². The number of nitro benzene ring substituents is 1. The maximum absolute atomic E-state index is 11.0. The van der Waals surface area contributed by atoms with Crippen molar-refractivity contribution in [1.29, 1.82) is 0 Å². The van der Waals surface area contributed by atoms with Gasteiger partial charge in [-0.1, -0.05) is 12.1 Å². The van der Waals surface area contributed by atoms with Crippen LogP contribution in [0.15, 0.2) is 29.6 Å². The van der Waals surface area contributed by atoms with Gasteiger partial charge in [0.1, 0.15) is 5.01 Å². The summed E-state index contributed by atoms with van der Waals surface area (Å²) in [5, 5.41) is 17.3. The Hall–Kier alpha value is -1.58. The molecule has 1 N–H and O–H groups in total. The molecule has 0 radical (unpaired) electrons. The Morgan fingerprint density at radius 2 is 2.11 bits per heavy atom. The minimum atomic E-state index is -0.363. The highest BCUT2D eigenvalue weighted by Gasteiger charge is 2.28. The molecule has 0 saturated carbocycles. The van der Waals surface area contributed by atoms with Crippen LogP contribution in [0.5, 0.6) is 0 Å². The number of nitrogens with zero attached hydrogens (tertiary/aromatic N) is 4. The third-order valence-corrected chi connectivity index (χ3v) is 6.10. The van der Waals surface area contributed by atoms with Crippen LogP contribution in [-0.4, -0.2) is 65.0 Å². The molecule has 2 aliphatic heterocycles. The van der Waals surface area contributed by atoms with Gasteiger partial charge in [0, 0.05) is 74.9 Å². The molecule has 2 saturated heterocycles. The molecular weight excluding hydrogens is 386 g/mol. The van der Waals surface area contributed by atoms with E-state index in [4.69, 9.17) is 4.98 Å². The zero-order valence-corrected chi connectivity index (χ0v) is 16.7. The first-order chi connectivity index (χ1) is 12.7. The van der Waals surface area contributed by atoms with Gasteiger partial charge >= 0.3 is 0 Å². The molecule has 0 amide bonds. The van der Waals surface area contributed by atoms with Gasteiger partial charge in [-0.2, -0.15) is 0 Å². The molecule has 0 aliphatic carbocycles. The topological polar surface area (TPSA) is 74.5 Å². The van der Waals surface area contributed by atoms with Crippen LogP contribution in [0, 0.1) is 10.1 Å². The molecule has 27 heavy (non-hydrogen) atoms. The number of hydrogen-bond acceptors (Lipinski definition) is 7. The number of rotatable bonds is 5. The summed E-state index contributed by atoms with van der Waals surface area (Å²) in [5.41, 5.74) is 1.98. The number of nitrogens with one attached hydrogen (secondary N) is 1. The van der Waals surface area contributed by atoms with E-state index in [1.165, 1.54) is 12.5 Å². The van der Waals surface area contributed by atoms with Gasteiger partial charge in [0.2, 0.25) is 0 Å². The first kappa shape index (κ1) is 20.2. The maximum Gasteiger partial charge on any atom is 0.270 e. The number of halogens is 1. The number of hydrogen-bond donors (Lipinski definition) is 1. The third kappa shape index (κ3) is 4.83. The molecule has 146 valence electrons. The lowest BCUT2D eigenvalue weighted by Gasteiger charge is -2.32. The van der Waals surface area contributed by atoms with E-state index in [1.807, 2.05) is 6.07 Å². The zero-order valence-electron chi connectivity index (χ0n) is 15.0. The summed E-state index contributed by atoms with van der Waals surface area (Å²) in [6.45, 7) is 7.54. The molecule has 1 unspecified atom stereocenters. The van der Waals surface area contributed by atoms with Crippen LogP contribution in [0.2, 0.25) is 0 Å². The maximum atomic E-state index is 11.0. The Morgan fingerprint density at radius 1 is 1.30 bits per heavy atom. The van der Waals surface area contributed by atoms with Crippen molar-refractivity contribution in [1.82, 2.24) is 20.1 Å². The molecule has 0 spiro atoms. The van der Waals surface area contributed by atoms with Crippen molar-refractivity contribution in [3.8, 4) is 10.6 Å². The van der Waals surface area contributed by atoms with Crippen molar-refractivity contribution in [3.05, 3.63) is 45.5 Å². The highest BCUT2D eigenvalue weighted by molar-refractivity contribution is 7.13. The van der Waals surface area contributed by atoms with Crippen molar-refractivity contribution in [3.63, 3.8) is 0 Å². The predicted molar refractivity (Wildman–Crippen MR) is 110 cm³/mol. The summed E-state index contributed by atoms with van der Waals surface area (Å²) in [4.78, 5) is 20.4. The van der Waals surface area contributed by atoms with E-state index in [1.54, 1.807) is 23.5 Å². The van der Waals surface area contributed by atoms with Gasteiger partial charge in [-0.05, 0) is 6.42 Å². The number of benzene rings is 1. The third-order valence-electron chi connectivity index (χ3n) is 5.16. The van der Waals surface area contributed by atoms with E-state index in [9.17, 15) is 10.1 Å². The van der Waals surface area contributed by atoms with Gasteiger partial charge in [0.15, 0.2) is 0 Å². The Labute approximate surface area is 168 Å². The summed E-state index contributed by atoms with van der Waals surface area (Å²) in [6, 6.07) is 7.36. The summed E-state index contributed by atoms with van der Waals surface area (Å²) >= 11 is 1.56. The number of thiazole rings is 1. The molecule has 3 heterocycles. The van der Waals surface area contributed by atoms with Crippen LogP contribution in [0.1, 0.15) is 12.1 Å². The van der Waals surface area contributed by atoms with Gasteiger partial charge in [-0.15, -0.1) is 23.7 Å². The first-order valence-electron chi connectivity index (χ1n) is 9.05.